The highest BCUT2D eigenvalue weighted by molar-refractivity contribution is 9.10. The summed E-state index contributed by atoms with van der Waals surface area (Å²) in [5, 5.41) is 11.1. The van der Waals surface area contributed by atoms with Crippen LogP contribution in [0.4, 0.5) is 5.69 Å². The summed E-state index contributed by atoms with van der Waals surface area (Å²) in [5.74, 6) is 0.0790. The first kappa shape index (κ1) is 14.0. The number of aromatic nitrogens is 2. The summed E-state index contributed by atoms with van der Waals surface area (Å²) < 4.78 is 5.89. The molecule has 0 fully saturated rings. The van der Waals surface area contributed by atoms with Gasteiger partial charge in [-0.3, -0.25) is 10.1 Å². The molecule has 2 rings (SSSR count). The Hall–Kier alpha value is -1.44. The van der Waals surface area contributed by atoms with E-state index in [1.807, 2.05) is 0 Å². The van der Waals surface area contributed by atoms with Gasteiger partial charge in [0.2, 0.25) is 5.15 Å². The number of hydrogen-bond acceptors (Lipinski definition) is 5. The summed E-state index contributed by atoms with van der Waals surface area (Å²) in [6, 6.07) is 4.72. The van der Waals surface area contributed by atoms with Crippen LogP contribution >= 0.6 is 39.1 Å². The van der Waals surface area contributed by atoms with Gasteiger partial charge < -0.3 is 4.74 Å². The molecular weight excluding hydrogens is 361 g/mol. The van der Waals surface area contributed by atoms with E-state index in [1.54, 1.807) is 18.2 Å². The van der Waals surface area contributed by atoms with E-state index in [1.165, 1.54) is 0 Å². The minimum atomic E-state index is -0.707. The molecule has 1 heterocycles. The molecule has 98 valence electrons. The molecule has 2 aromatic rings. The summed E-state index contributed by atoms with van der Waals surface area (Å²) in [4.78, 5) is 17.4. The van der Waals surface area contributed by atoms with E-state index in [0.717, 1.165) is 6.33 Å². The largest absolute Gasteiger partial charge is 0.432 e. The molecule has 0 radical (unpaired) electrons. The SMILES string of the molecule is O=[N+]([O-])c1c(Cl)ncnc1Oc1ccc(Cl)cc1Br. The van der Waals surface area contributed by atoms with E-state index in [4.69, 9.17) is 27.9 Å². The molecule has 0 atom stereocenters. The normalized spacial score (nSPS) is 10.3. The summed E-state index contributed by atoms with van der Waals surface area (Å²) >= 11 is 14.7. The van der Waals surface area contributed by atoms with Gasteiger partial charge in [0.15, 0.2) is 0 Å². The molecule has 9 heteroatoms. The number of halogens is 3. The van der Waals surface area contributed by atoms with Gasteiger partial charge in [0.25, 0.3) is 0 Å². The van der Waals surface area contributed by atoms with Gasteiger partial charge in [0.1, 0.15) is 12.1 Å². The zero-order chi connectivity index (χ0) is 14.0. The predicted molar refractivity (Wildman–Crippen MR) is 72.9 cm³/mol. The van der Waals surface area contributed by atoms with Crippen molar-refractivity contribution >= 4 is 44.8 Å². The maximum Gasteiger partial charge on any atom is 0.368 e. The Morgan fingerprint density at radius 1 is 1.32 bits per heavy atom. The first-order chi connectivity index (χ1) is 8.99. The third kappa shape index (κ3) is 3.12. The Bertz CT molecular complexity index is 654. The van der Waals surface area contributed by atoms with Gasteiger partial charge in [0, 0.05) is 5.02 Å². The van der Waals surface area contributed by atoms with Crippen LogP contribution in [0.25, 0.3) is 0 Å². The van der Waals surface area contributed by atoms with Crippen molar-refractivity contribution in [2.75, 3.05) is 0 Å². The van der Waals surface area contributed by atoms with E-state index in [-0.39, 0.29) is 11.0 Å². The Morgan fingerprint density at radius 2 is 2.05 bits per heavy atom. The molecule has 0 spiro atoms. The molecule has 0 N–H and O–H groups in total. The second-order valence-corrected chi connectivity index (χ2v) is 4.90. The fraction of sp³-hybridized carbons (Fsp3) is 0. The third-order valence-corrected chi connectivity index (χ3v) is 3.16. The van der Waals surface area contributed by atoms with Crippen LogP contribution in [-0.4, -0.2) is 14.9 Å². The molecular formula is C10H4BrCl2N3O3. The van der Waals surface area contributed by atoms with Crippen molar-refractivity contribution in [3.8, 4) is 11.6 Å². The predicted octanol–water partition coefficient (Wildman–Crippen LogP) is 4.25. The Morgan fingerprint density at radius 3 is 2.68 bits per heavy atom. The molecule has 0 saturated carbocycles. The topological polar surface area (TPSA) is 78.2 Å². The lowest BCUT2D eigenvalue weighted by Crippen LogP contribution is -1.98. The molecule has 19 heavy (non-hydrogen) atoms. The molecule has 0 aliphatic carbocycles. The van der Waals surface area contributed by atoms with Crippen molar-refractivity contribution in [3.05, 3.63) is 49.3 Å². The highest BCUT2D eigenvalue weighted by Crippen LogP contribution is 2.37. The number of hydrogen-bond donors (Lipinski definition) is 0. The lowest BCUT2D eigenvalue weighted by Gasteiger charge is -2.07. The van der Waals surface area contributed by atoms with Crippen molar-refractivity contribution < 1.29 is 9.66 Å². The summed E-state index contributed by atoms with van der Waals surface area (Å²) in [6.45, 7) is 0. The second-order valence-electron chi connectivity index (χ2n) is 3.25. The van der Waals surface area contributed by atoms with Crippen LogP contribution < -0.4 is 4.74 Å². The van der Waals surface area contributed by atoms with Gasteiger partial charge in [-0.15, -0.1) is 0 Å². The molecule has 1 aromatic carbocycles. The van der Waals surface area contributed by atoms with Gasteiger partial charge in [-0.1, -0.05) is 23.2 Å². The van der Waals surface area contributed by atoms with Crippen molar-refractivity contribution in [2.24, 2.45) is 0 Å². The first-order valence-corrected chi connectivity index (χ1v) is 6.31. The van der Waals surface area contributed by atoms with E-state index in [0.29, 0.717) is 15.2 Å². The van der Waals surface area contributed by atoms with E-state index >= 15 is 0 Å². The van der Waals surface area contributed by atoms with Crippen LogP contribution in [0.2, 0.25) is 10.2 Å². The van der Waals surface area contributed by atoms with Gasteiger partial charge in [0.05, 0.1) is 9.40 Å². The lowest BCUT2D eigenvalue weighted by molar-refractivity contribution is -0.386. The highest BCUT2D eigenvalue weighted by atomic mass is 79.9. The highest BCUT2D eigenvalue weighted by Gasteiger charge is 2.24. The molecule has 0 aliphatic heterocycles. The number of rotatable bonds is 3. The maximum absolute atomic E-state index is 10.9. The molecule has 0 amide bonds. The van der Waals surface area contributed by atoms with Crippen LogP contribution in [0.5, 0.6) is 11.6 Å². The standard InChI is InChI=1S/C10H4BrCl2N3O3/c11-6-3-5(12)1-2-7(6)19-10-8(16(17)18)9(13)14-4-15-10/h1-4H. The van der Waals surface area contributed by atoms with E-state index in [9.17, 15) is 10.1 Å². The summed E-state index contributed by atoms with van der Waals surface area (Å²) in [5.41, 5.74) is -0.494. The van der Waals surface area contributed by atoms with Crippen molar-refractivity contribution in [3.63, 3.8) is 0 Å². The quantitative estimate of drug-likeness (QED) is 0.462. The lowest BCUT2D eigenvalue weighted by atomic mass is 10.3. The number of nitro groups is 1. The van der Waals surface area contributed by atoms with Crippen LogP contribution in [0.1, 0.15) is 0 Å². The number of benzene rings is 1. The first-order valence-electron chi connectivity index (χ1n) is 4.77. The number of ether oxygens (including phenoxy) is 1. The molecule has 6 nitrogen and oxygen atoms in total. The molecule has 1 aromatic heterocycles. The minimum absolute atomic E-state index is 0.243. The van der Waals surface area contributed by atoms with Gasteiger partial charge >= 0.3 is 11.6 Å². The number of nitrogens with zero attached hydrogens (tertiary/aromatic N) is 3. The molecule has 0 aliphatic rings. The fourth-order valence-electron chi connectivity index (χ4n) is 1.23. The smallest absolute Gasteiger partial charge is 0.368 e. The van der Waals surface area contributed by atoms with Gasteiger partial charge in [-0.25, -0.2) is 4.98 Å². The molecule has 0 unspecified atom stereocenters. The minimum Gasteiger partial charge on any atom is -0.432 e. The van der Waals surface area contributed by atoms with E-state index in [2.05, 4.69) is 25.9 Å². The van der Waals surface area contributed by atoms with Crippen molar-refractivity contribution in [1.82, 2.24) is 9.97 Å². The Labute approximate surface area is 125 Å². The summed E-state index contributed by atoms with van der Waals surface area (Å²) in [6.07, 6.45) is 1.08. The Kier molecular flexibility index (Phi) is 4.18. The Balaban J connectivity index is 2.44. The van der Waals surface area contributed by atoms with Gasteiger partial charge in [-0.05, 0) is 34.1 Å². The second kappa shape index (κ2) is 5.68. The fourth-order valence-corrected chi connectivity index (χ4v) is 2.19. The van der Waals surface area contributed by atoms with Crippen LogP contribution in [0.15, 0.2) is 29.0 Å². The maximum atomic E-state index is 10.9. The third-order valence-electron chi connectivity index (χ3n) is 2.03. The average molecular weight is 365 g/mol. The zero-order valence-electron chi connectivity index (χ0n) is 9.01. The molecule has 0 saturated heterocycles. The molecule has 0 bridgehead atoms. The van der Waals surface area contributed by atoms with E-state index < -0.39 is 10.6 Å². The average Bonchev–Trinajstić information content (AvgIpc) is 2.32. The van der Waals surface area contributed by atoms with Crippen molar-refractivity contribution in [1.29, 1.82) is 0 Å². The monoisotopic (exact) mass is 363 g/mol. The summed E-state index contributed by atoms with van der Waals surface area (Å²) in [7, 11) is 0. The van der Waals surface area contributed by atoms with Crippen molar-refractivity contribution in [2.45, 2.75) is 0 Å². The zero-order valence-corrected chi connectivity index (χ0v) is 12.1. The van der Waals surface area contributed by atoms with Crippen LogP contribution in [-0.2, 0) is 0 Å². The van der Waals surface area contributed by atoms with Crippen LogP contribution in [0.3, 0.4) is 0 Å². The van der Waals surface area contributed by atoms with Crippen LogP contribution in [0, 0.1) is 10.1 Å². The van der Waals surface area contributed by atoms with Gasteiger partial charge in [-0.2, -0.15) is 4.98 Å².